The molecular formula is C12H12BrF3O. The number of hydrogen-bond donors (Lipinski definition) is 0. The molecule has 0 heterocycles. The van der Waals surface area contributed by atoms with Gasteiger partial charge in [-0.2, -0.15) is 0 Å². The molecule has 1 nitrogen and oxygen atoms in total. The normalized spacial score (nSPS) is 25.2. The largest absolute Gasteiger partial charge is 0.522 e. The first-order valence-corrected chi connectivity index (χ1v) is 6.23. The van der Waals surface area contributed by atoms with E-state index in [2.05, 4.69) is 20.7 Å². The minimum absolute atomic E-state index is 0.167. The highest BCUT2D eigenvalue weighted by Crippen LogP contribution is 2.38. The molecule has 0 amide bonds. The number of halogens is 4. The molecule has 0 aromatic heterocycles. The maximum Gasteiger partial charge on any atom is 0.522 e. The zero-order valence-electron chi connectivity index (χ0n) is 9.01. The lowest BCUT2D eigenvalue weighted by molar-refractivity contribution is -0.341. The highest BCUT2D eigenvalue weighted by Gasteiger charge is 2.37. The van der Waals surface area contributed by atoms with Crippen LogP contribution in [0.5, 0.6) is 0 Å². The van der Waals surface area contributed by atoms with Gasteiger partial charge in [0.25, 0.3) is 0 Å². The van der Waals surface area contributed by atoms with Crippen LogP contribution in [0.4, 0.5) is 13.2 Å². The molecule has 1 fully saturated rings. The van der Waals surface area contributed by atoms with Crippen molar-refractivity contribution >= 4 is 15.9 Å². The Balaban J connectivity index is 1.98. The number of hydrogen-bond acceptors (Lipinski definition) is 1. The van der Waals surface area contributed by atoms with Crippen molar-refractivity contribution in [2.75, 3.05) is 0 Å². The highest BCUT2D eigenvalue weighted by molar-refractivity contribution is 9.10. The van der Waals surface area contributed by atoms with E-state index in [1.54, 1.807) is 0 Å². The van der Waals surface area contributed by atoms with Crippen molar-refractivity contribution in [3.8, 4) is 0 Å². The molecule has 0 radical (unpaired) electrons. The van der Waals surface area contributed by atoms with Crippen LogP contribution in [0, 0.1) is 0 Å². The van der Waals surface area contributed by atoms with Gasteiger partial charge in [0.05, 0.1) is 6.10 Å². The minimum atomic E-state index is -4.52. The summed E-state index contributed by atoms with van der Waals surface area (Å²) in [6, 6.07) is 7.71. The molecule has 0 saturated heterocycles. The standard InChI is InChI=1S/C12H12BrF3O/c13-10-3-1-2-8(6-10)9-4-5-11(7-9)17-12(14,15)16/h1-3,6,9,11H,4-5,7H2/t9-,11?/m0/s1. The van der Waals surface area contributed by atoms with Crippen LogP contribution in [0.25, 0.3) is 0 Å². The Morgan fingerprint density at radius 1 is 1.24 bits per heavy atom. The van der Waals surface area contributed by atoms with Crippen LogP contribution in [0.1, 0.15) is 30.7 Å². The first-order chi connectivity index (χ1) is 7.94. The van der Waals surface area contributed by atoms with Gasteiger partial charge in [-0.05, 0) is 42.9 Å². The van der Waals surface area contributed by atoms with Crippen LogP contribution in [-0.4, -0.2) is 12.5 Å². The van der Waals surface area contributed by atoms with Gasteiger partial charge in [-0.25, -0.2) is 0 Å². The van der Waals surface area contributed by atoms with Crippen LogP contribution < -0.4 is 0 Å². The van der Waals surface area contributed by atoms with Gasteiger partial charge in [-0.15, -0.1) is 13.2 Å². The fraction of sp³-hybridized carbons (Fsp3) is 0.500. The van der Waals surface area contributed by atoms with Gasteiger partial charge in [-0.1, -0.05) is 28.1 Å². The molecule has 94 valence electrons. The van der Waals surface area contributed by atoms with Gasteiger partial charge in [-0.3, -0.25) is 4.74 Å². The van der Waals surface area contributed by atoms with Crippen molar-refractivity contribution in [2.45, 2.75) is 37.6 Å². The topological polar surface area (TPSA) is 9.23 Å². The third kappa shape index (κ3) is 3.71. The summed E-state index contributed by atoms with van der Waals surface area (Å²) in [6.07, 6.45) is -3.56. The SMILES string of the molecule is FC(F)(F)OC1CC[C@H](c2cccc(Br)c2)C1. The average molecular weight is 309 g/mol. The quantitative estimate of drug-likeness (QED) is 0.774. The molecule has 17 heavy (non-hydrogen) atoms. The Kier molecular flexibility index (Phi) is 3.78. The van der Waals surface area contributed by atoms with Crippen LogP contribution >= 0.6 is 15.9 Å². The van der Waals surface area contributed by atoms with Crippen LogP contribution in [0.15, 0.2) is 28.7 Å². The van der Waals surface area contributed by atoms with Gasteiger partial charge in [0.15, 0.2) is 0 Å². The Hall–Kier alpha value is -0.550. The summed E-state index contributed by atoms with van der Waals surface area (Å²) in [4.78, 5) is 0. The van der Waals surface area contributed by atoms with Crippen molar-refractivity contribution in [3.63, 3.8) is 0 Å². The lowest BCUT2D eigenvalue weighted by Gasteiger charge is -2.14. The van der Waals surface area contributed by atoms with E-state index < -0.39 is 12.5 Å². The van der Waals surface area contributed by atoms with E-state index in [1.807, 2.05) is 24.3 Å². The molecule has 1 unspecified atom stereocenters. The monoisotopic (exact) mass is 308 g/mol. The third-order valence-corrected chi connectivity index (χ3v) is 3.50. The minimum Gasteiger partial charge on any atom is -0.289 e. The van der Waals surface area contributed by atoms with Crippen LogP contribution in [0.2, 0.25) is 0 Å². The van der Waals surface area contributed by atoms with Crippen molar-refractivity contribution in [3.05, 3.63) is 34.3 Å². The van der Waals surface area contributed by atoms with Gasteiger partial charge in [0.1, 0.15) is 0 Å². The van der Waals surface area contributed by atoms with E-state index in [-0.39, 0.29) is 5.92 Å². The predicted molar refractivity (Wildman–Crippen MR) is 61.7 cm³/mol. The molecule has 0 bridgehead atoms. The van der Waals surface area contributed by atoms with Crippen molar-refractivity contribution in [2.24, 2.45) is 0 Å². The maximum absolute atomic E-state index is 12.1. The lowest BCUT2D eigenvalue weighted by Crippen LogP contribution is -2.21. The molecule has 1 aliphatic rings. The first kappa shape index (κ1) is 12.9. The molecular weight excluding hydrogens is 297 g/mol. The Bertz CT molecular complexity index is 392. The summed E-state index contributed by atoms with van der Waals surface area (Å²) in [7, 11) is 0. The molecule has 1 aliphatic carbocycles. The van der Waals surface area contributed by atoms with Crippen molar-refractivity contribution < 1.29 is 17.9 Å². The summed E-state index contributed by atoms with van der Waals surface area (Å²) in [5, 5.41) is 0. The number of benzene rings is 1. The van der Waals surface area contributed by atoms with Crippen molar-refractivity contribution in [1.82, 2.24) is 0 Å². The number of alkyl halides is 3. The summed E-state index contributed by atoms with van der Waals surface area (Å²) in [5.41, 5.74) is 1.08. The van der Waals surface area contributed by atoms with Gasteiger partial charge < -0.3 is 0 Å². The first-order valence-electron chi connectivity index (χ1n) is 5.44. The van der Waals surface area contributed by atoms with Crippen LogP contribution in [-0.2, 0) is 4.74 Å². The summed E-state index contributed by atoms with van der Waals surface area (Å²) in [6.45, 7) is 0. The molecule has 1 aromatic carbocycles. The Labute approximate surface area is 106 Å². The predicted octanol–water partition coefficient (Wildman–Crippen LogP) is 4.62. The average Bonchev–Trinajstić information content (AvgIpc) is 2.63. The van der Waals surface area contributed by atoms with E-state index in [0.717, 1.165) is 16.5 Å². The highest BCUT2D eigenvalue weighted by atomic mass is 79.9. The van der Waals surface area contributed by atoms with E-state index in [0.29, 0.717) is 12.8 Å². The van der Waals surface area contributed by atoms with Gasteiger partial charge in [0, 0.05) is 4.47 Å². The van der Waals surface area contributed by atoms with E-state index in [1.165, 1.54) is 0 Å². The van der Waals surface area contributed by atoms with Gasteiger partial charge in [0.2, 0.25) is 0 Å². The third-order valence-electron chi connectivity index (χ3n) is 3.00. The summed E-state index contributed by atoms with van der Waals surface area (Å²) >= 11 is 3.36. The molecule has 2 rings (SSSR count). The zero-order valence-corrected chi connectivity index (χ0v) is 10.6. The summed E-state index contributed by atoms with van der Waals surface area (Å²) < 4.78 is 41.2. The molecule has 0 aliphatic heterocycles. The van der Waals surface area contributed by atoms with Crippen molar-refractivity contribution in [1.29, 1.82) is 0 Å². The lowest BCUT2D eigenvalue weighted by atomic mass is 9.98. The Morgan fingerprint density at radius 2 is 2.00 bits per heavy atom. The zero-order chi connectivity index (χ0) is 12.5. The fourth-order valence-corrected chi connectivity index (χ4v) is 2.72. The maximum atomic E-state index is 12.1. The molecule has 1 aromatic rings. The van der Waals surface area contributed by atoms with Crippen LogP contribution in [0.3, 0.4) is 0 Å². The number of rotatable bonds is 2. The molecule has 2 atom stereocenters. The molecule has 0 N–H and O–H groups in total. The fourth-order valence-electron chi connectivity index (χ4n) is 2.30. The van der Waals surface area contributed by atoms with E-state index in [9.17, 15) is 13.2 Å². The molecule has 0 spiro atoms. The second-order valence-electron chi connectivity index (χ2n) is 4.25. The Morgan fingerprint density at radius 3 is 2.65 bits per heavy atom. The van der Waals surface area contributed by atoms with Gasteiger partial charge >= 0.3 is 6.36 Å². The second-order valence-corrected chi connectivity index (χ2v) is 5.17. The van der Waals surface area contributed by atoms with E-state index in [4.69, 9.17) is 0 Å². The van der Waals surface area contributed by atoms with E-state index >= 15 is 0 Å². The molecule has 1 saturated carbocycles. The second kappa shape index (κ2) is 4.98. The molecule has 5 heteroatoms. The smallest absolute Gasteiger partial charge is 0.289 e. The number of ether oxygens (including phenoxy) is 1. The summed E-state index contributed by atoms with van der Waals surface area (Å²) in [5.74, 6) is 0.167.